The van der Waals surface area contributed by atoms with Gasteiger partial charge in [0, 0.05) is 17.3 Å². The summed E-state index contributed by atoms with van der Waals surface area (Å²) in [5.41, 5.74) is 6.67. The van der Waals surface area contributed by atoms with Gasteiger partial charge in [-0.3, -0.25) is 4.98 Å². The molecule has 0 saturated heterocycles. The van der Waals surface area contributed by atoms with Gasteiger partial charge in [0.1, 0.15) is 4.90 Å². The summed E-state index contributed by atoms with van der Waals surface area (Å²) >= 11 is 0. The minimum atomic E-state index is -3.65. The van der Waals surface area contributed by atoms with E-state index in [4.69, 9.17) is 5.73 Å². The Morgan fingerprint density at radius 2 is 2.16 bits per heavy atom. The van der Waals surface area contributed by atoms with Gasteiger partial charge in [0.2, 0.25) is 10.0 Å². The molecule has 0 fully saturated rings. The van der Waals surface area contributed by atoms with Crippen molar-refractivity contribution in [2.45, 2.75) is 11.8 Å². The number of fused-ring (bicyclic) bond motifs is 1. The summed E-state index contributed by atoms with van der Waals surface area (Å²) in [7, 11) is -3.65. The summed E-state index contributed by atoms with van der Waals surface area (Å²) in [6.07, 6.45) is 1.53. The molecule has 2 rings (SSSR count). The number of sulfonamides is 1. The van der Waals surface area contributed by atoms with Crippen LogP contribution < -0.4 is 10.5 Å². The average Bonchev–Trinajstić information content (AvgIpc) is 2.39. The molecule has 0 amide bonds. The minimum absolute atomic E-state index is 0.0670. The van der Waals surface area contributed by atoms with Crippen LogP contribution in [0, 0.1) is 11.8 Å². The van der Waals surface area contributed by atoms with E-state index < -0.39 is 10.0 Å². The van der Waals surface area contributed by atoms with Crippen molar-refractivity contribution in [1.29, 1.82) is 0 Å². The standard InChI is InChI=1S/C13H13N3O2S/c1-2-3-9-16-19(17,18)12-7-6-11(14)10-5-4-8-15-13(10)12/h4-8,16H,9,14H2,1H3. The third-order valence-electron chi connectivity index (χ3n) is 2.58. The van der Waals surface area contributed by atoms with Crippen LogP contribution in [0.5, 0.6) is 0 Å². The molecular weight excluding hydrogens is 262 g/mol. The zero-order valence-corrected chi connectivity index (χ0v) is 11.2. The highest BCUT2D eigenvalue weighted by Crippen LogP contribution is 2.25. The maximum atomic E-state index is 12.2. The van der Waals surface area contributed by atoms with Crippen LogP contribution >= 0.6 is 0 Å². The lowest BCUT2D eigenvalue weighted by Crippen LogP contribution is -2.24. The Balaban J connectivity index is 2.56. The van der Waals surface area contributed by atoms with Crippen molar-refractivity contribution < 1.29 is 8.42 Å². The first-order valence-electron chi connectivity index (χ1n) is 5.59. The molecule has 0 radical (unpaired) electrons. The van der Waals surface area contributed by atoms with Gasteiger partial charge in [0.15, 0.2) is 0 Å². The van der Waals surface area contributed by atoms with Gasteiger partial charge in [-0.15, -0.1) is 5.92 Å². The lowest BCUT2D eigenvalue weighted by Gasteiger charge is -2.08. The predicted octanol–water partition coefficient (Wildman–Crippen LogP) is 1.12. The first-order valence-corrected chi connectivity index (χ1v) is 7.07. The fourth-order valence-corrected chi connectivity index (χ4v) is 2.76. The van der Waals surface area contributed by atoms with Gasteiger partial charge in [-0.1, -0.05) is 5.92 Å². The van der Waals surface area contributed by atoms with Gasteiger partial charge >= 0.3 is 0 Å². The molecule has 0 aliphatic carbocycles. The SMILES string of the molecule is CC#CCNS(=O)(=O)c1ccc(N)c2cccnc12. The molecule has 2 aromatic rings. The van der Waals surface area contributed by atoms with E-state index in [-0.39, 0.29) is 11.4 Å². The molecule has 98 valence electrons. The van der Waals surface area contributed by atoms with Crippen molar-refractivity contribution in [3.63, 3.8) is 0 Å². The second-order valence-corrected chi connectivity index (χ2v) is 5.54. The third-order valence-corrected chi connectivity index (χ3v) is 4.02. The molecule has 0 aliphatic rings. The van der Waals surface area contributed by atoms with Crippen LogP contribution in [-0.4, -0.2) is 19.9 Å². The average molecular weight is 275 g/mol. The predicted molar refractivity (Wildman–Crippen MR) is 74.8 cm³/mol. The number of pyridine rings is 1. The van der Waals surface area contributed by atoms with Crippen LogP contribution in [0.25, 0.3) is 10.9 Å². The highest BCUT2D eigenvalue weighted by Gasteiger charge is 2.18. The van der Waals surface area contributed by atoms with E-state index in [1.807, 2.05) is 0 Å². The Morgan fingerprint density at radius 3 is 2.89 bits per heavy atom. The van der Waals surface area contributed by atoms with Gasteiger partial charge in [0.05, 0.1) is 12.1 Å². The van der Waals surface area contributed by atoms with Crippen molar-refractivity contribution in [3.8, 4) is 11.8 Å². The first kappa shape index (κ1) is 13.3. The van der Waals surface area contributed by atoms with Crippen LogP contribution in [0.1, 0.15) is 6.92 Å². The number of anilines is 1. The van der Waals surface area contributed by atoms with Crippen molar-refractivity contribution in [2.24, 2.45) is 0 Å². The Labute approximate surface area is 111 Å². The Bertz CT molecular complexity index is 773. The number of benzene rings is 1. The maximum Gasteiger partial charge on any atom is 0.243 e. The van der Waals surface area contributed by atoms with Crippen LogP contribution in [0.3, 0.4) is 0 Å². The fraction of sp³-hybridized carbons (Fsp3) is 0.154. The van der Waals surface area contributed by atoms with Crippen LogP contribution in [0.15, 0.2) is 35.4 Å². The number of hydrogen-bond donors (Lipinski definition) is 2. The number of rotatable bonds is 3. The lowest BCUT2D eigenvalue weighted by atomic mass is 10.2. The summed E-state index contributed by atoms with van der Waals surface area (Å²) in [6, 6.07) is 6.46. The van der Waals surface area contributed by atoms with Gasteiger partial charge in [-0.2, -0.15) is 4.72 Å². The monoisotopic (exact) mass is 275 g/mol. The van der Waals surface area contributed by atoms with Gasteiger partial charge in [0.25, 0.3) is 0 Å². The number of nitrogens with one attached hydrogen (secondary N) is 1. The number of aromatic nitrogens is 1. The number of nitrogens with two attached hydrogens (primary N) is 1. The van der Waals surface area contributed by atoms with Gasteiger partial charge in [-0.25, -0.2) is 8.42 Å². The summed E-state index contributed by atoms with van der Waals surface area (Å²) in [6.45, 7) is 1.71. The minimum Gasteiger partial charge on any atom is -0.398 e. The Hall–Kier alpha value is -2.10. The van der Waals surface area contributed by atoms with E-state index in [0.717, 1.165) is 0 Å². The molecular formula is C13H13N3O2S. The molecule has 0 bridgehead atoms. The maximum absolute atomic E-state index is 12.2. The van der Waals surface area contributed by atoms with Crippen LogP contribution in [0.4, 0.5) is 5.69 Å². The zero-order chi connectivity index (χ0) is 13.9. The molecule has 1 aromatic carbocycles. The molecule has 1 heterocycles. The molecule has 0 aliphatic heterocycles. The summed E-state index contributed by atoms with van der Waals surface area (Å²) in [5.74, 6) is 5.27. The molecule has 1 aromatic heterocycles. The highest BCUT2D eigenvalue weighted by atomic mass is 32.2. The molecule has 19 heavy (non-hydrogen) atoms. The van der Waals surface area contributed by atoms with Crippen molar-refractivity contribution in [1.82, 2.24) is 9.71 Å². The van der Waals surface area contributed by atoms with E-state index in [2.05, 4.69) is 21.5 Å². The van der Waals surface area contributed by atoms with Gasteiger partial charge in [-0.05, 0) is 31.2 Å². The molecule has 5 nitrogen and oxygen atoms in total. The van der Waals surface area contributed by atoms with E-state index >= 15 is 0 Å². The second kappa shape index (κ2) is 5.26. The van der Waals surface area contributed by atoms with E-state index in [1.54, 1.807) is 25.1 Å². The van der Waals surface area contributed by atoms with Crippen molar-refractivity contribution in [2.75, 3.05) is 12.3 Å². The molecule has 0 spiro atoms. The van der Waals surface area contributed by atoms with Crippen LogP contribution in [-0.2, 0) is 10.0 Å². The highest BCUT2D eigenvalue weighted by molar-refractivity contribution is 7.89. The fourth-order valence-electron chi connectivity index (χ4n) is 1.68. The quantitative estimate of drug-likeness (QED) is 0.649. The summed E-state index contributed by atoms with van der Waals surface area (Å²) in [5, 5.41) is 0.618. The van der Waals surface area contributed by atoms with E-state index in [0.29, 0.717) is 16.6 Å². The van der Waals surface area contributed by atoms with Crippen LogP contribution in [0.2, 0.25) is 0 Å². The zero-order valence-electron chi connectivity index (χ0n) is 10.3. The van der Waals surface area contributed by atoms with E-state index in [1.165, 1.54) is 12.3 Å². The number of nitrogen functional groups attached to an aromatic ring is 1. The first-order chi connectivity index (χ1) is 9.06. The number of hydrogen-bond acceptors (Lipinski definition) is 4. The lowest BCUT2D eigenvalue weighted by molar-refractivity contribution is 0.587. The normalized spacial score (nSPS) is 11.0. The van der Waals surface area contributed by atoms with Crippen molar-refractivity contribution in [3.05, 3.63) is 30.5 Å². The molecule has 6 heteroatoms. The Kier molecular flexibility index (Phi) is 3.69. The third kappa shape index (κ3) is 2.67. The largest absolute Gasteiger partial charge is 0.398 e. The topological polar surface area (TPSA) is 85.1 Å². The molecule has 0 saturated carbocycles. The van der Waals surface area contributed by atoms with Crippen molar-refractivity contribution >= 4 is 26.6 Å². The Morgan fingerprint density at radius 1 is 1.37 bits per heavy atom. The number of nitrogens with zero attached hydrogens (tertiary/aromatic N) is 1. The van der Waals surface area contributed by atoms with Gasteiger partial charge < -0.3 is 5.73 Å². The van der Waals surface area contributed by atoms with E-state index in [9.17, 15) is 8.42 Å². The summed E-state index contributed by atoms with van der Waals surface area (Å²) < 4.78 is 26.8. The molecule has 0 unspecified atom stereocenters. The smallest absolute Gasteiger partial charge is 0.243 e. The molecule has 3 N–H and O–H groups in total. The second-order valence-electron chi connectivity index (χ2n) is 3.80. The molecule has 0 atom stereocenters. The summed E-state index contributed by atoms with van der Waals surface area (Å²) in [4.78, 5) is 4.21.